The Labute approximate surface area is 87.2 Å². The van der Waals surface area contributed by atoms with Gasteiger partial charge in [0.25, 0.3) is 0 Å². The zero-order chi connectivity index (χ0) is 10.1. The number of nitrogen functional groups attached to an aromatic ring is 1. The van der Waals surface area contributed by atoms with Gasteiger partial charge in [-0.3, -0.25) is 4.79 Å². The Morgan fingerprint density at radius 1 is 1.50 bits per heavy atom. The van der Waals surface area contributed by atoms with E-state index in [1.165, 1.54) is 0 Å². The van der Waals surface area contributed by atoms with Crippen molar-refractivity contribution in [3.05, 3.63) is 28.8 Å². The molecule has 4 heteroatoms. The van der Waals surface area contributed by atoms with E-state index in [1.54, 1.807) is 6.07 Å². The lowest BCUT2D eigenvalue weighted by Crippen LogP contribution is -2.13. The molecule has 1 aliphatic heterocycles. The standard InChI is InChI=1S/C10H11ClN2O/c11-9-4-7(12)1-2-8(9)6-3-10(14)13-5-6/h1-2,4,6H,3,5,12H2,(H,13,14)/t6-/m0/s1. The molecule has 1 saturated heterocycles. The van der Waals surface area contributed by atoms with Gasteiger partial charge < -0.3 is 11.1 Å². The Kier molecular flexibility index (Phi) is 2.33. The Bertz CT molecular complexity index is 378. The maximum atomic E-state index is 11.0. The van der Waals surface area contributed by atoms with Crippen LogP contribution in [0.1, 0.15) is 17.9 Å². The van der Waals surface area contributed by atoms with Crippen LogP contribution < -0.4 is 11.1 Å². The summed E-state index contributed by atoms with van der Waals surface area (Å²) in [5.74, 6) is 0.276. The van der Waals surface area contributed by atoms with Crippen LogP contribution in [-0.2, 0) is 4.79 Å². The first-order chi connectivity index (χ1) is 6.66. The summed E-state index contributed by atoms with van der Waals surface area (Å²) < 4.78 is 0. The van der Waals surface area contributed by atoms with E-state index < -0.39 is 0 Å². The molecule has 1 heterocycles. The number of carbonyl (C=O) groups is 1. The van der Waals surface area contributed by atoms with Crippen molar-refractivity contribution in [1.29, 1.82) is 0 Å². The Morgan fingerprint density at radius 3 is 2.86 bits per heavy atom. The van der Waals surface area contributed by atoms with Crippen LogP contribution in [0.3, 0.4) is 0 Å². The van der Waals surface area contributed by atoms with Crippen LogP contribution in [0.25, 0.3) is 0 Å². The maximum absolute atomic E-state index is 11.0. The third-order valence-electron chi connectivity index (χ3n) is 2.44. The number of rotatable bonds is 1. The second kappa shape index (κ2) is 3.50. The predicted molar refractivity (Wildman–Crippen MR) is 56.2 cm³/mol. The monoisotopic (exact) mass is 210 g/mol. The van der Waals surface area contributed by atoms with Gasteiger partial charge in [0.1, 0.15) is 0 Å². The van der Waals surface area contributed by atoms with E-state index in [2.05, 4.69) is 5.32 Å². The van der Waals surface area contributed by atoms with Gasteiger partial charge >= 0.3 is 0 Å². The molecule has 1 amide bonds. The van der Waals surface area contributed by atoms with Crippen LogP contribution in [0, 0.1) is 0 Å². The molecule has 1 fully saturated rings. The molecular formula is C10H11ClN2O. The fourth-order valence-electron chi connectivity index (χ4n) is 1.70. The highest BCUT2D eigenvalue weighted by Gasteiger charge is 2.24. The molecule has 14 heavy (non-hydrogen) atoms. The molecular weight excluding hydrogens is 200 g/mol. The van der Waals surface area contributed by atoms with Crippen LogP contribution >= 0.6 is 11.6 Å². The summed E-state index contributed by atoms with van der Waals surface area (Å²) in [5.41, 5.74) is 7.23. The van der Waals surface area contributed by atoms with Gasteiger partial charge in [-0.25, -0.2) is 0 Å². The van der Waals surface area contributed by atoms with Crippen LogP contribution in [0.5, 0.6) is 0 Å². The first-order valence-corrected chi connectivity index (χ1v) is 4.86. The highest BCUT2D eigenvalue weighted by molar-refractivity contribution is 6.31. The number of benzene rings is 1. The molecule has 0 bridgehead atoms. The van der Waals surface area contributed by atoms with Crippen LogP contribution in [-0.4, -0.2) is 12.5 Å². The molecule has 1 aromatic rings. The van der Waals surface area contributed by atoms with E-state index in [0.717, 1.165) is 5.56 Å². The van der Waals surface area contributed by atoms with Crippen molar-refractivity contribution >= 4 is 23.2 Å². The van der Waals surface area contributed by atoms with Gasteiger partial charge in [0, 0.05) is 29.6 Å². The van der Waals surface area contributed by atoms with E-state index >= 15 is 0 Å². The smallest absolute Gasteiger partial charge is 0.220 e. The number of nitrogens with one attached hydrogen (secondary N) is 1. The predicted octanol–water partition coefficient (Wildman–Crippen LogP) is 1.53. The summed E-state index contributed by atoms with van der Waals surface area (Å²) in [4.78, 5) is 11.0. The van der Waals surface area contributed by atoms with Crippen LogP contribution in [0.4, 0.5) is 5.69 Å². The minimum atomic E-state index is 0.0860. The fourth-order valence-corrected chi connectivity index (χ4v) is 2.04. The number of anilines is 1. The van der Waals surface area contributed by atoms with Crippen LogP contribution in [0.2, 0.25) is 5.02 Å². The van der Waals surface area contributed by atoms with E-state index in [-0.39, 0.29) is 11.8 Å². The lowest BCUT2D eigenvalue weighted by molar-refractivity contribution is -0.119. The molecule has 3 nitrogen and oxygen atoms in total. The molecule has 0 aromatic heterocycles. The van der Waals surface area contributed by atoms with Gasteiger partial charge in [0.15, 0.2) is 0 Å². The molecule has 0 saturated carbocycles. The summed E-state index contributed by atoms with van der Waals surface area (Å²) in [6.07, 6.45) is 0.517. The molecule has 0 spiro atoms. The average molecular weight is 211 g/mol. The first kappa shape index (κ1) is 9.34. The van der Waals surface area contributed by atoms with Gasteiger partial charge in [0.05, 0.1) is 0 Å². The van der Waals surface area contributed by atoms with Gasteiger partial charge in [0.2, 0.25) is 5.91 Å². The minimum absolute atomic E-state index is 0.0860. The van der Waals surface area contributed by atoms with E-state index in [9.17, 15) is 4.79 Å². The van der Waals surface area contributed by atoms with Crippen molar-refractivity contribution in [2.45, 2.75) is 12.3 Å². The van der Waals surface area contributed by atoms with E-state index in [0.29, 0.717) is 23.7 Å². The number of halogens is 1. The molecule has 0 aliphatic carbocycles. The maximum Gasteiger partial charge on any atom is 0.220 e. The molecule has 1 atom stereocenters. The van der Waals surface area contributed by atoms with Gasteiger partial charge in [-0.1, -0.05) is 17.7 Å². The van der Waals surface area contributed by atoms with Crippen molar-refractivity contribution in [3.63, 3.8) is 0 Å². The molecule has 3 N–H and O–H groups in total. The molecule has 1 aromatic carbocycles. The molecule has 74 valence electrons. The Hall–Kier alpha value is -1.22. The van der Waals surface area contributed by atoms with Gasteiger partial charge in [-0.05, 0) is 17.7 Å². The Morgan fingerprint density at radius 2 is 2.29 bits per heavy atom. The van der Waals surface area contributed by atoms with Crippen LogP contribution in [0.15, 0.2) is 18.2 Å². The largest absolute Gasteiger partial charge is 0.399 e. The molecule has 0 unspecified atom stereocenters. The first-order valence-electron chi connectivity index (χ1n) is 4.48. The number of hydrogen-bond donors (Lipinski definition) is 2. The van der Waals surface area contributed by atoms with E-state index in [1.807, 2.05) is 12.1 Å². The lowest BCUT2D eigenvalue weighted by Gasteiger charge is -2.10. The average Bonchev–Trinajstić information content (AvgIpc) is 2.51. The van der Waals surface area contributed by atoms with E-state index in [4.69, 9.17) is 17.3 Å². The SMILES string of the molecule is Nc1ccc([C@@H]2CNC(=O)C2)c(Cl)c1. The van der Waals surface area contributed by atoms with Crippen molar-refractivity contribution in [1.82, 2.24) is 5.32 Å². The Balaban J connectivity index is 2.28. The lowest BCUT2D eigenvalue weighted by atomic mass is 9.98. The van der Waals surface area contributed by atoms with Crippen molar-refractivity contribution in [3.8, 4) is 0 Å². The third-order valence-corrected chi connectivity index (χ3v) is 2.77. The number of amides is 1. The summed E-state index contributed by atoms with van der Waals surface area (Å²) >= 11 is 6.04. The second-order valence-corrected chi connectivity index (χ2v) is 3.89. The zero-order valence-corrected chi connectivity index (χ0v) is 8.34. The highest BCUT2D eigenvalue weighted by atomic mass is 35.5. The fraction of sp³-hybridized carbons (Fsp3) is 0.300. The molecule has 2 rings (SSSR count). The zero-order valence-electron chi connectivity index (χ0n) is 7.59. The summed E-state index contributed by atoms with van der Waals surface area (Å²) in [7, 11) is 0. The highest BCUT2D eigenvalue weighted by Crippen LogP contribution is 2.30. The topological polar surface area (TPSA) is 55.1 Å². The number of hydrogen-bond acceptors (Lipinski definition) is 2. The second-order valence-electron chi connectivity index (χ2n) is 3.49. The van der Waals surface area contributed by atoms with Crippen molar-refractivity contribution in [2.75, 3.05) is 12.3 Å². The summed E-state index contributed by atoms with van der Waals surface area (Å²) in [6.45, 7) is 0.669. The van der Waals surface area contributed by atoms with Gasteiger partial charge in [-0.2, -0.15) is 0 Å². The summed E-state index contributed by atoms with van der Waals surface area (Å²) in [6, 6.07) is 5.42. The number of carbonyl (C=O) groups excluding carboxylic acids is 1. The normalized spacial score (nSPS) is 20.9. The number of nitrogens with two attached hydrogens (primary N) is 1. The van der Waals surface area contributed by atoms with Crippen molar-refractivity contribution in [2.24, 2.45) is 0 Å². The quantitative estimate of drug-likeness (QED) is 0.691. The van der Waals surface area contributed by atoms with Gasteiger partial charge in [-0.15, -0.1) is 0 Å². The van der Waals surface area contributed by atoms with Crippen molar-refractivity contribution < 1.29 is 4.79 Å². The molecule has 1 aliphatic rings. The third kappa shape index (κ3) is 1.68. The summed E-state index contributed by atoms with van der Waals surface area (Å²) in [5, 5.41) is 3.43. The molecule has 0 radical (unpaired) electrons. The minimum Gasteiger partial charge on any atom is -0.399 e.